The molecule has 1 aromatic heterocycles. The van der Waals surface area contributed by atoms with Crippen LogP contribution in [-0.2, 0) is 0 Å². The van der Waals surface area contributed by atoms with Crippen LogP contribution < -0.4 is 10.6 Å². The fraction of sp³-hybridized carbons (Fsp3) is 0.471. The number of piperidine rings is 1. The Hall–Kier alpha value is -1.84. The number of nitrogen functional groups attached to an aromatic ring is 1. The summed E-state index contributed by atoms with van der Waals surface area (Å²) in [5.74, 6) is -0.248. The Morgan fingerprint density at radius 1 is 1.43 bits per heavy atom. The fourth-order valence-electron chi connectivity index (χ4n) is 3.42. The van der Waals surface area contributed by atoms with Crippen molar-refractivity contribution in [1.29, 1.82) is 0 Å². The minimum atomic E-state index is -0.248. The van der Waals surface area contributed by atoms with Gasteiger partial charge in [0.05, 0.1) is 5.52 Å². The zero-order chi connectivity index (χ0) is 14.8. The van der Waals surface area contributed by atoms with Crippen molar-refractivity contribution in [2.24, 2.45) is 0 Å². The molecule has 2 heterocycles. The highest BCUT2D eigenvalue weighted by Crippen LogP contribution is 2.36. The number of nitrogens with two attached hydrogens (primary N) is 1. The highest BCUT2D eigenvalue weighted by atomic mass is 19.1. The van der Waals surface area contributed by atoms with Crippen molar-refractivity contribution in [2.75, 3.05) is 17.2 Å². The van der Waals surface area contributed by atoms with Crippen molar-refractivity contribution in [3.8, 4) is 0 Å². The maximum absolute atomic E-state index is 14.6. The summed E-state index contributed by atoms with van der Waals surface area (Å²) in [6.45, 7) is 3.08. The lowest BCUT2D eigenvalue weighted by Crippen LogP contribution is -2.40. The van der Waals surface area contributed by atoms with Gasteiger partial charge in [-0.05, 0) is 43.9 Å². The average Bonchev–Trinajstić information content (AvgIpc) is 2.49. The lowest BCUT2D eigenvalue weighted by atomic mass is 9.96. The van der Waals surface area contributed by atoms with Gasteiger partial charge in [-0.1, -0.05) is 13.3 Å². The molecule has 0 saturated carbocycles. The number of pyridine rings is 1. The number of nitrogens with zero attached hydrogens (tertiary/aromatic N) is 2. The molecular weight excluding hydrogens is 265 g/mol. The van der Waals surface area contributed by atoms with E-state index in [9.17, 15) is 4.39 Å². The first-order valence-corrected chi connectivity index (χ1v) is 7.81. The Labute approximate surface area is 125 Å². The quantitative estimate of drug-likeness (QED) is 0.864. The molecule has 3 rings (SSSR count). The SMILES string of the molecule is CCCC1CCCCN1c1c(F)cc(N)c2cccnc12. The molecule has 2 aromatic rings. The molecule has 112 valence electrons. The van der Waals surface area contributed by atoms with E-state index in [-0.39, 0.29) is 5.82 Å². The topological polar surface area (TPSA) is 42.1 Å². The predicted octanol–water partition coefficient (Wildman–Crippen LogP) is 4.12. The summed E-state index contributed by atoms with van der Waals surface area (Å²) in [7, 11) is 0. The molecule has 0 radical (unpaired) electrons. The minimum absolute atomic E-state index is 0.248. The monoisotopic (exact) mass is 287 g/mol. The summed E-state index contributed by atoms with van der Waals surface area (Å²) < 4.78 is 14.6. The molecule has 3 nitrogen and oxygen atoms in total. The number of benzene rings is 1. The number of hydrogen-bond donors (Lipinski definition) is 1. The van der Waals surface area contributed by atoms with Crippen LogP contribution in [0.15, 0.2) is 24.4 Å². The molecule has 1 unspecified atom stereocenters. The smallest absolute Gasteiger partial charge is 0.150 e. The van der Waals surface area contributed by atoms with E-state index in [1.165, 1.54) is 12.5 Å². The van der Waals surface area contributed by atoms with Gasteiger partial charge in [0, 0.05) is 29.9 Å². The summed E-state index contributed by atoms with van der Waals surface area (Å²) in [4.78, 5) is 6.63. The molecule has 1 saturated heterocycles. The van der Waals surface area contributed by atoms with Gasteiger partial charge in [0.1, 0.15) is 5.69 Å². The number of rotatable bonds is 3. The molecule has 1 atom stereocenters. The molecule has 0 amide bonds. The first-order chi connectivity index (χ1) is 10.2. The van der Waals surface area contributed by atoms with Gasteiger partial charge in [0.25, 0.3) is 0 Å². The molecule has 1 aliphatic heterocycles. The second kappa shape index (κ2) is 5.88. The third-order valence-corrected chi connectivity index (χ3v) is 4.39. The van der Waals surface area contributed by atoms with Crippen LogP contribution in [0.2, 0.25) is 0 Å². The minimum Gasteiger partial charge on any atom is -0.398 e. The van der Waals surface area contributed by atoms with Crippen LogP contribution in [0.25, 0.3) is 10.9 Å². The molecule has 1 aromatic carbocycles. The lowest BCUT2D eigenvalue weighted by molar-refractivity contribution is 0.430. The van der Waals surface area contributed by atoms with E-state index >= 15 is 0 Å². The van der Waals surface area contributed by atoms with Gasteiger partial charge in [-0.2, -0.15) is 0 Å². The average molecular weight is 287 g/mol. The van der Waals surface area contributed by atoms with E-state index in [4.69, 9.17) is 5.73 Å². The number of halogens is 1. The molecular formula is C17H22FN3. The molecule has 0 spiro atoms. The highest BCUT2D eigenvalue weighted by molar-refractivity contribution is 5.99. The molecule has 0 aliphatic carbocycles. The maximum Gasteiger partial charge on any atom is 0.150 e. The largest absolute Gasteiger partial charge is 0.398 e. The zero-order valence-electron chi connectivity index (χ0n) is 12.5. The van der Waals surface area contributed by atoms with E-state index in [1.54, 1.807) is 6.20 Å². The maximum atomic E-state index is 14.6. The van der Waals surface area contributed by atoms with Crippen molar-refractivity contribution in [3.63, 3.8) is 0 Å². The van der Waals surface area contributed by atoms with Crippen LogP contribution in [0.4, 0.5) is 15.8 Å². The zero-order valence-corrected chi connectivity index (χ0v) is 12.5. The Kier molecular flexibility index (Phi) is 3.95. The Morgan fingerprint density at radius 3 is 3.10 bits per heavy atom. The number of anilines is 2. The van der Waals surface area contributed by atoms with Crippen LogP contribution in [0.3, 0.4) is 0 Å². The van der Waals surface area contributed by atoms with Crippen molar-refractivity contribution in [3.05, 3.63) is 30.2 Å². The standard InChI is InChI=1S/C17H22FN3/c1-2-6-12-7-3-4-10-21(12)17-14(18)11-15(19)13-8-5-9-20-16(13)17/h5,8-9,11-12H,2-4,6-7,10,19H2,1H3. The van der Waals surface area contributed by atoms with Gasteiger partial charge in [-0.3, -0.25) is 4.98 Å². The van der Waals surface area contributed by atoms with E-state index in [2.05, 4.69) is 16.8 Å². The summed E-state index contributed by atoms with van der Waals surface area (Å²) in [6, 6.07) is 5.61. The van der Waals surface area contributed by atoms with Crippen LogP contribution in [-0.4, -0.2) is 17.6 Å². The van der Waals surface area contributed by atoms with Crippen molar-refractivity contribution >= 4 is 22.3 Å². The number of hydrogen-bond acceptors (Lipinski definition) is 3. The number of fused-ring (bicyclic) bond motifs is 1. The molecule has 4 heteroatoms. The van der Waals surface area contributed by atoms with Gasteiger partial charge < -0.3 is 10.6 Å². The lowest BCUT2D eigenvalue weighted by Gasteiger charge is -2.38. The van der Waals surface area contributed by atoms with E-state index < -0.39 is 0 Å². The highest BCUT2D eigenvalue weighted by Gasteiger charge is 2.26. The van der Waals surface area contributed by atoms with Gasteiger partial charge in [0.15, 0.2) is 5.82 Å². The molecule has 2 N–H and O–H groups in total. The summed E-state index contributed by atoms with van der Waals surface area (Å²) in [5, 5.41) is 0.842. The summed E-state index contributed by atoms with van der Waals surface area (Å²) in [5.41, 5.74) is 7.74. The van der Waals surface area contributed by atoms with Gasteiger partial charge >= 0.3 is 0 Å². The summed E-state index contributed by atoms with van der Waals surface area (Å²) in [6.07, 6.45) is 7.39. The van der Waals surface area contributed by atoms with E-state index in [0.717, 1.165) is 37.6 Å². The normalized spacial score (nSPS) is 19.1. The molecule has 1 aliphatic rings. The van der Waals surface area contributed by atoms with E-state index in [1.807, 2.05) is 12.1 Å². The van der Waals surface area contributed by atoms with Crippen LogP contribution in [0, 0.1) is 5.82 Å². The predicted molar refractivity (Wildman–Crippen MR) is 86.0 cm³/mol. The van der Waals surface area contributed by atoms with Crippen LogP contribution in [0.1, 0.15) is 39.0 Å². The van der Waals surface area contributed by atoms with Crippen molar-refractivity contribution < 1.29 is 4.39 Å². The molecule has 0 bridgehead atoms. The van der Waals surface area contributed by atoms with Gasteiger partial charge in [0.2, 0.25) is 0 Å². The first-order valence-electron chi connectivity index (χ1n) is 7.81. The second-order valence-corrected chi connectivity index (χ2v) is 5.83. The molecule has 21 heavy (non-hydrogen) atoms. The third kappa shape index (κ3) is 2.55. The second-order valence-electron chi connectivity index (χ2n) is 5.83. The van der Waals surface area contributed by atoms with Crippen LogP contribution in [0.5, 0.6) is 0 Å². The third-order valence-electron chi connectivity index (χ3n) is 4.39. The van der Waals surface area contributed by atoms with E-state index in [0.29, 0.717) is 22.9 Å². The van der Waals surface area contributed by atoms with Gasteiger partial charge in [-0.15, -0.1) is 0 Å². The Balaban J connectivity index is 2.14. The first kappa shape index (κ1) is 14.1. The fourth-order valence-corrected chi connectivity index (χ4v) is 3.42. The van der Waals surface area contributed by atoms with Crippen molar-refractivity contribution in [1.82, 2.24) is 4.98 Å². The van der Waals surface area contributed by atoms with Crippen LogP contribution >= 0.6 is 0 Å². The Morgan fingerprint density at radius 2 is 2.29 bits per heavy atom. The summed E-state index contributed by atoms with van der Waals surface area (Å²) >= 11 is 0. The Bertz CT molecular complexity index is 639. The van der Waals surface area contributed by atoms with Crippen molar-refractivity contribution in [2.45, 2.75) is 45.1 Å². The number of aromatic nitrogens is 1. The van der Waals surface area contributed by atoms with Gasteiger partial charge in [-0.25, -0.2) is 4.39 Å². The molecule has 1 fully saturated rings.